The van der Waals surface area contributed by atoms with Crippen molar-refractivity contribution in [2.45, 2.75) is 26.2 Å². The summed E-state index contributed by atoms with van der Waals surface area (Å²) in [6, 6.07) is 138. The first-order valence-corrected chi connectivity index (χ1v) is 38.7. The number of imidazole rings is 1. The van der Waals surface area contributed by atoms with Crippen LogP contribution in [0.1, 0.15) is 26.3 Å². The number of ether oxygens (including phenoxy) is 1. The van der Waals surface area contributed by atoms with Crippen molar-refractivity contribution >= 4 is 90.5 Å². The molecule has 0 radical (unpaired) electrons. The van der Waals surface area contributed by atoms with Gasteiger partial charge in [-0.1, -0.05) is 330 Å². The minimum Gasteiger partial charge on any atom is -0.510 e. The number of hydrogen-bond donors (Lipinski definition) is 0. The van der Waals surface area contributed by atoms with Crippen molar-refractivity contribution in [2.24, 2.45) is 0 Å². The van der Waals surface area contributed by atoms with E-state index < -0.39 is 16.1 Å². The number of hydrogen-bond acceptors (Lipinski definition) is 2. The molecule has 0 saturated carbocycles. The molecular weight excluding hydrogens is 1450 g/mol. The first-order valence-electron chi connectivity index (χ1n) is 34.7. The Morgan fingerprint density at radius 2 is 0.833 bits per heavy atom. The third-order valence-electron chi connectivity index (χ3n) is 20.6. The SMILES string of the molecule is CC(C)(C)c1ccnc(-n2c3[c-]c(Oc4[c-]c(-n5[c-][n+]6c7c(cccc75)-c5ccccc5-c5ccc([Si](c7ccccc7)(c7ccccc7)c7ccccc7)cc5-c5cccc(-c7cccc([Si](c8ccccc8)(c8ccccc8)c8ccccc8)c7)c5-6)ccc4)ccc3c3ccccc32)c1.[Pt]. The molecule has 0 bridgehead atoms. The van der Waals surface area contributed by atoms with E-state index in [-0.39, 0.29) is 26.5 Å². The number of nitrogens with zero attached hydrogens (tertiary/aromatic N) is 4. The monoisotopic (exact) mass is 1520 g/mol. The van der Waals surface area contributed by atoms with Crippen molar-refractivity contribution in [3.05, 3.63) is 382 Å². The molecule has 0 aliphatic carbocycles. The van der Waals surface area contributed by atoms with Gasteiger partial charge in [-0.05, 0) is 126 Å². The van der Waals surface area contributed by atoms with Crippen molar-refractivity contribution in [2.75, 3.05) is 0 Å². The van der Waals surface area contributed by atoms with Gasteiger partial charge in [0.25, 0.3) is 6.33 Å². The van der Waals surface area contributed by atoms with Crippen LogP contribution < -0.4 is 50.8 Å². The molecule has 0 fully saturated rings. The summed E-state index contributed by atoms with van der Waals surface area (Å²) in [5.74, 6) is 1.94. The minimum atomic E-state index is -3.09. The first kappa shape index (κ1) is 63.8. The van der Waals surface area contributed by atoms with Crippen LogP contribution in [-0.2, 0) is 26.5 Å². The molecular formula is C94H68N4OPtSi2-2. The van der Waals surface area contributed by atoms with Crippen LogP contribution in [0.25, 0.3) is 94.5 Å². The molecule has 490 valence electrons. The average Bonchev–Trinajstić information content (AvgIpc) is 1.36. The molecule has 14 aromatic carbocycles. The van der Waals surface area contributed by atoms with Crippen molar-refractivity contribution < 1.29 is 30.4 Å². The molecule has 0 amide bonds. The summed E-state index contributed by atoms with van der Waals surface area (Å²) >= 11 is 0. The van der Waals surface area contributed by atoms with E-state index in [9.17, 15) is 0 Å². The van der Waals surface area contributed by atoms with E-state index in [1.807, 2.05) is 18.3 Å². The van der Waals surface area contributed by atoms with Gasteiger partial charge in [-0.3, -0.25) is 4.57 Å². The number of fused-ring (bicyclic) bond motifs is 10. The second-order valence-corrected chi connectivity index (χ2v) is 34.9. The maximum atomic E-state index is 6.97. The zero-order valence-electron chi connectivity index (χ0n) is 56.6. The van der Waals surface area contributed by atoms with Crippen LogP contribution in [0.5, 0.6) is 11.5 Å². The van der Waals surface area contributed by atoms with Crippen LogP contribution in [0.2, 0.25) is 0 Å². The predicted molar refractivity (Wildman–Crippen MR) is 421 cm³/mol. The zero-order valence-corrected chi connectivity index (χ0v) is 60.8. The molecule has 0 N–H and O–H groups in total. The Labute approximate surface area is 611 Å². The van der Waals surface area contributed by atoms with E-state index in [1.54, 1.807) is 0 Å². The van der Waals surface area contributed by atoms with E-state index in [1.165, 1.54) is 47.1 Å². The van der Waals surface area contributed by atoms with Crippen LogP contribution >= 0.6 is 0 Å². The topological polar surface area (TPSA) is 35.9 Å². The molecule has 17 aromatic rings. The first-order chi connectivity index (χ1) is 49.7. The van der Waals surface area contributed by atoms with Gasteiger partial charge in [0, 0.05) is 44.3 Å². The number of rotatable bonds is 13. The minimum absolute atomic E-state index is 0. The van der Waals surface area contributed by atoms with Crippen LogP contribution in [0.4, 0.5) is 0 Å². The molecule has 8 heteroatoms. The van der Waals surface area contributed by atoms with Gasteiger partial charge in [0.2, 0.25) is 0 Å². The summed E-state index contributed by atoms with van der Waals surface area (Å²) in [6.07, 6.45) is 6.05. The molecule has 1 aliphatic heterocycles. The van der Waals surface area contributed by atoms with Crippen molar-refractivity contribution in [1.82, 2.24) is 14.1 Å². The fourth-order valence-electron chi connectivity index (χ4n) is 16.1. The van der Waals surface area contributed by atoms with E-state index in [4.69, 9.17) is 9.72 Å². The fraction of sp³-hybridized carbons (Fsp3) is 0.0426. The Kier molecular flexibility index (Phi) is 16.4. The van der Waals surface area contributed by atoms with Gasteiger partial charge in [0.1, 0.15) is 5.82 Å². The predicted octanol–water partition coefficient (Wildman–Crippen LogP) is 16.6. The van der Waals surface area contributed by atoms with Gasteiger partial charge in [-0.25, -0.2) is 4.98 Å². The standard InChI is InChI=1S/C94H68N4OSi2.Pt/c1-94(2,3)67-58-59-95-91(61-67)98-88-52-25-24-48-83(88)84-56-54-70(63-90(84)98)99-69-32-27-31-68(62-69)96-65-97-92-79(66-30-26-45-77(60-66)100(71-33-10-4-11-34-71,72-35-12-5-13-36-72)73-37-14-6-15-38-73)49-28-50-86(92)87-64-78(55-57-82(87)80-46-22-23-47-81(80)85-51-29-53-89(96)93(85)97)101(74-39-16-7-17-40-74,75-41-18-8-19-42-75)76-43-20-9-21-44-76;/h4-61,64H,1-3H3;/q-2;. The molecule has 5 nitrogen and oxygen atoms in total. The molecule has 0 atom stereocenters. The molecule has 18 rings (SSSR count). The number of benzene rings is 14. The van der Waals surface area contributed by atoms with Crippen molar-refractivity contribution in [3.63, 3.8) is 0 Å². The fourth-order valence-corrected chi connectivity index (χ4v) is 25.7. The average molecular weight is 1520 g/mol. The van der Waals surface area contributed by atoms with Gasteiger partial charge < -0.3 is 13.9 Å². The maximum Gasteiger partial charge on any atom is 0.268 e. The summed E-state index contributed by atoms with van der Waals surface area (Å²) in [6.45, 7) is 6.71. The van der Waals surface area contributed by atoms with Crippen molar-refractivity contribution in [1.29, 1.82) is 0 Å². The molecule has 102 heavy (non-hydrogen) atoms. The molecule has 0 spiro atoms. The second kappa shape index (κ2) is 26.2. The Morgan fingerprint density at radius 3 is 1.44 bits per heavy atom. The molecule has 3 aromatic heterocycles. The maximum absolute atomic E-state index is 6.97. The van der Waals surface area contributed by atoms with Gasteiger partial charge in [-0.15, -0.1) is 29.7 Å². The van der Waals surface area contributed by atoms with E-state index in [2.05, 4.69) is 393 Å². The van der Waals surface area contributed by atoms with Crippen molar-refractivity contribution in [3.8, 4) is 73.2 Å². The van der Waals surface area contributed by atoms with Gasteiger partial charge in [0.05, 0.1) is 16.7 Å². The van der Waals surface area contributed by atoms with Gasteiger partial charge >= 0.3 is 0 Å². The summed E-state index contributed by atoms with van der Waals surface area (Å²) in [5.41, 5.74) is 15.7. The quantitative estimate of drug-likeness (QED) is 0.0499. The normalized spacial score (nSPS) is 12.0. The van der Waals surface area contributed by atoms with Gasteiger partial charge in [0.15, 0.2) is 16.1 Å². The van der Waals surface area contributed by atoms with Crippen LogP contribution in [-0.4, -0.2) is 30.3 Å². The summed E-state index contributed by atoms with van der Waals surface area (Å²) in [4.78, 5) is 4.96. The molecule has 4 heterocycles. The summed E-state index contributed by atoms with van der Waals surface area (Å²) < 4.78 is 13.7. The largest absolute Gasteiger partial charge is 0.510 e. The molecule has 0 saturated heterocycles. The number of para-hydroxylation sites is 3. The third kappa shape index (κ3) is 10.6. The third-order valence-corrected chi connectivity index (χ3v) is 30.2. The Morgan fingerprint density at radius 1 is 0.363 bits per heavy atom. The molecule has 0 unspecified atom stereocenters. The van der Waals surface area contributed by atoms with Gasteiger partial charge in [-0.2, -0.15) is 18.2 Å². The number of aromatic nitrogens is 4. The van der Waals surface area contributed by atoms with E-state index in [0.717, 1.165) is 94.5 Å². The summed E-state index contributed by atoms with van der Waals surface area (Å²) in [5, 5.41) is 12.6. The Bertz CT molecular complexity index is 5780. The van der Waals surface area contributed by atoms with E-state index in [0.29, 0.717) is 11.5 Å². The summed E-state index contributed by atoms with van der Waals surface area (Å²) in [7, 11) is -6.10. The second-order valence-electron chi connectivity index (χ2n) is 27.3. The number of pyridine rings is 1. The Hall–Kier alpha value is -11.6. The molecule has 1 aliphatic rings. The van der Waals surface area contributed by atoms with Crippen LogP contribution in [0, 0.1) is 18.5 Å². The zero-order chi connectivity index (χ0) is 67.7. The Balaban J connectivity index is 0.00000774. The van der Waals surface area contributed by atoms with Crippen LogP contribution in [0.3, 0.4) is 0 Å². The smallest absolute Gasteiger partial charge is 0.268 e. The van der Waals surface area contributed by atoms with Crippen LogP contribution in [0.15, 0.2) is 358 Å². The van der Waals surface area contributed by atoms with E-state index >= 15 is 0 Å².